The van der Waals surface area contributed by atoms with Crippen molar-refractivity contribution in [2.24, 2.45) is 5.92 Å². The van der Waals surface area contributed by atoms with Crippen LogP contribution in [0.25, 0.3) is 10.9 Å². The highest BCUT2D eigenvalue weighted by atomic mass is 16.5. The summed E-state index contributed by atoms with van der Waals surface area (Å²) >= 11 is 0. The van der Waals surface area contributed by atoms with Gasteiger partial charge in [-0.05, 0) is 55.5 Å². The van der Waals surface area contributed by atoms with Crippen molar-refractivity contribution in [3.05, 3.63) is 54.1 Å². The van der Waals surface area contributed by atoms with Crippen molar-refractivity contribution < 1.29 is 9.53 Å². The van der Waals surface area contributed by atoms with Crippen molar-refractivity contribution in [1.29, 1.82) is 0 Å². The highest BCUT2D eigenvalue weighted by Gasteiger charge is 2.26. The summed E-state index contributed by atoms with van der Waals surface area (Å²) in [6.45, 7) is 0.520. The topological polar surface area (TPSA) is 79.4 Å². The van der Waals surface area contributed by atoms with Crippen LogP contribution in [0, 0.1) is 5.92 Å². The number of rotatable bonds is 7. The number of hydrogen-bond acceptors (Lipinski definition) is 6. The Balaban J connectivity index is 1.32. The van der Waals surface area contributed by atoms with Gasteiger partial charge in [0.2, 0.25) is 11.9 Å². The van der Waals surface area contributed by atoms with Crippen LogP contribution >= 0.6 is 0 Å². The minimum Gasteiger partial charge on any atom is -0.497 e. The predicted octanol–water partition coefficient (Wildman–Crippen LogP) is 3.99. The van der Waals surface area contributed by atoms with Crippen LogP contribution in [0.15, 0.2) is 48.5 Å². The van der Waals surface area contributed by atoms with E-state index in [0.29, 0.717) is 12.5 Å². The Morgan fingerprint density at radius 1 is 1.06 bits per heavy atom. The molecule has 1 saturated carbocycles. The van der Waals surface area contributed by atoms with E-state index in [1.54, 1.807) is 7.11 Å². The van der Waals surface area contributed by atoms with Gasteiger partial charge in [0.1, 0.15) is 11.6 Å². The van der Waals surface area contributed by atoms with E-state index in [-0.39, 0.29) is 17.9 Å². The number of nitrogens with one attached hydrogen (secondary N) is 2. The molecule has 7 nitrogen and oxygen atoms in total. The lowest BCUT2D eigenvalue weighted by Crippen LogP contribution is -2.35. The van der Waals surface area contributed by atoms with Gasteiger partial charge in [-0.2, -0.15) is 4.98 Å². The monoisotopic (exact) mass is 433 g/mol. The Labute approximate surface area is 189 Å². The molecule has 0 aliphatic heterocycles. The van der Waals surface area contributed by atoms with Crippen molar-refractivity contribution in [3.63, 3.8) is 0 Å². The molecular formula is C25H31N5O2. The van der Waals surface area contributed by atoms with E-state index in [0.717, 1.165) is 53.7 Å². The first-order chi connectivity index (χ1) is 15.5. The number of amides is 1. The summed E-state index contributed by atoms with van der Waals surface area (Å²) in [6, 6.07) is 16.1. The second kappa shape index (κ2) is 9.85. The highest BCUT2D eigenvalue weighted by Crippen LogP contribution is 2.28. The lowest BCUT2D eigenvalue weighted by molar-refractivity contribution is -0.126. The van der Waals surface area contributed by atoms with E-state index in [2.05, 4.69) is 10.6 Å². The molecule has 2 N–H and O–H groups in total. The van der Waals surface area contributed by atoms with Crippen LogP contribution in [-0.2, 0) is 11.3 Å². The number of carbonyl (C=O) groups is 1. The van der Waals surface area contributed by atoms with E-state index in [1.807, 2.05) is 67.5 Å². The van der Waals surface area contributed by atoms with Gasteiger partial charge in [-0.25, -0.2) is 4.98 Å². The summed E-state index contributed by atoms with van der Waals surface area (Å²) in [5, 5.41) is 7.62. The highest BCUT2D eigenvalue weighted by molar-refractivity contribution is 5.90. The Hall–Kier alpha value is -3.35. The molecule has 168 valence electrons. The average Bonchev–Trinajstić information content (AvgIpc) is 2.82. The number of anilines is 2. The quantitative estimate of drug-likeness (QED) is 0.587. The van der Waals surface area contributed by atoms with Crippen LogP contribution in [0.4, 0.5) is 11.8 Å². The molecule has 2 aromatic carbocycles. The molecule has 0 unspecified atom stereocenters. The molecule has 1 aliphatic rings. The molecule has 0 atom stereocenters. The van der Waals surface area contributed by atoms with Gasteiger partial charge in [-0.15, -0.1) is 0 Å². The first-order valence-corrected chi connectivity index (χ1v) is 11.1. The Morgan fingerprint density at radius 3 is 2.59 bits per heavy atom. The maximum Gasteiger partial charge on any atom is 0.225 e. The van der Waals surface area contributed by atoms with E-state index in [9.17, 15) is 4.79 Å². The molecule has 1 heterocycles. The number of hydrogen-bond donors (Lipinski definition) is 2. The summed E-state index contributed by atoms with van der Waals surface area (Å²) in [7, 11) is 5.64. The third-order valence-corrected chi connectivity index (χ3v) is 6.04. The number of ether oxygens (including phenoxy) is 1. The van der Waals surface area contributed by atoms with Crippen LogP contribution < -0.4 is 20.3 Å². The maximum absolute atomic E-state index is 12.7. The maximum atomic E-state index is 12.7. The number of benzene rings is 2. The largest absolute Gasteiger partial charge is 0.497 e. The first-order valence-electron chi connectivity index (χ1n) is 11.1. The number of fused-ring (bicyclic) bond motifs is 1. The molecule has 0 radical (unpaired) electrons. The van der Waals surface area contributed by atoms with Gasteiger partial charge in [-0.3, -0.25) is 4.79 Å². The summed E-state index contributed by atoms with van der Waals surface area (Å²) in [5.41, 5.74) is 1.97. The fourth-order valence-corrected chi connectivity index (χ4v) is 4.26. The first kappa shape index (κ1) is 21.9. The zero-order chi connectivity index (χ0) is 22.5. The van der Waals surface area contributed by atoms with E-state index in [1.165, 1.54) is 0 Å². The normalized spacial score (nSPS) is 18.2. The van der Waals surface area contributed by atoms with Crippen LogP contribution in [0.1, 0.15) is 31.2 Å². The summed E-state index contributed by atoms with van der Waals surface area (Å²) in [4.78, 5) is 24.1. The van der Waals surface area contributed by atoms with Crippen LogP contribution in [-0.4, -0.2) is 43.1 Å². The summed E-state index contributed by atoms with van der Waals surface area (Å²) in [5.74, 6) is 2.54. The van der Waals surface area contributed by atoms with E-state index < -0.39 is 0 Å². The molecule has 0 saturated heterocycles. The molecule has 3 aromatic rings. The minimum atomic E-state index is 0.0496. The lowest BCUT2D eigenvalue weighted by atomic mass is 9.85. The number of carbonyl (C=O) groups excluding carboxylic acids is 1. The zero-order valence-corrected chi connectivity index (χ0v) is 19.0. The average molecular weight is 434 g/mol. The Bertz CT molecular complexity index is 1080. The van der Waals surface area contributed by atoms with Gasteiger partial charge >= 0.3 is 0 Å². The Morgan fingerprint density at radius 2 is 1.84 bits per heavy atom. The molecular weight excluding hydrogens is 402 g/mol. The van der Waals surface area contributed by atoms with Gasteiger partial charge in [0.05, 0.1) is 12.6 Å². The van der Waals surface area contributed by atoms with Crippen molar-refractivity contribution in [1.82, 2.24) is 15.3 Å². The molecule has 1 aromatic heterocycles. The second-order valence-electron chi connectivity index (χ2n) is 8.54. The number of para-hydroxylation sites is 1. The number of methoxy groups -OCH3 is 1. The molecule has 1 amide bonds. The third-order valence-electron chi connectivity index (χ3n) is 6.04. The molecule has 0 spiro atoms. The van der Waals surface area contributed by atoms with Crippen LogP contribution in [0.3, 0.4) is 0 Å². The molecule has 1 aliphatic carbocycles. The lowest BCUT2D eigenvalue weighted by Gasteiger charge is -2.28. The minimum absolute atomic E-state index is 0.0496. The van der Waals surface area contributed by atoms with Crippen molar-refractivity contribution in [3.8, 4) is 5.75 Å². The van der Waals surface area contributed by atoms with Gasteiger partial charge < -0.3 is 20.3 Å². The van der Waals surface area contributed by atoms with Gasteiger partial charge in [0, 0.05) is 38.0 Å². The molecule has 7 heteroatoms. The summed E-state index contributed by atoms with van der Waals surface area (Å²) in [6.07, 6.45) is 3.56. The molecule has 32 heavy (non-hydrogen) atoms. The molecule has 1 fully saturated rings. The third kappa shape index (κ3) is 5.10. The fraction of sp³-hybridized carbons (Fsp3) is 0.400. The van der Waals surface area contributed by atoms with Gasteiger partial charge in [0.25, 0.3) is 0 Å². The van der Waals surface area contributed by atoms with Gasteiger partial charge in [-0.1, -0.05) is 24.3 Å². The fourth-order valence-electron chi connectivity index (χ4n) is 4.26. The second-order valence-corrected chi connectivity index (χ2v) is 8.54. The van der Waals surface area contributed by atoms with Crippen LogP contribution in [0.5, 0.6) is 5.75 Å². The number of aromatic nitrogens is 2. The van der Waals surface area contributed by atoms with E-state index in [4.69, 9.17) is 14.7 Å². The number of nitrogens with zero attached hydrogens (tertiary/aromatic N) is 3. The summed E-state index contributed by atoms with van der Waals surface area (Å²) < 4.78 is 5.25. The van der Waals surface area contributed by atoms with Gasteiger partial charge in [0.15, 0.2) is 0 Å². The van der Waals surface area contributed by atoms with Crippen molar-refractivity contribution >= 4 is 28.6 Å². The van der Waals surface area contributed by atoms with E-state index >= 15 is 0 Å². The smallest absolute Gasteiger partial charge is 0.225 e. The standard InChI is InChI=1S/C25H31N5O2/c1-30(2)23-21-9-4-5-10-22(21)28-25(29-23)27-19-13-11-18(12-14-19)24(31)26-16-17-7-6-8-20(15-17)32-3/h4-10,15,18-19H,11-14,16H2,1-3H3,(H,26,31)(H,27,28,29). The SMILES string of the molecule is COc1cccc(CNC(=O)C2CCC(Nc3nc(N(C)C)c4ccccc4n3)CC2)c1. The van der Waals surface area contributed by atoms with Crippen LogP contribution in [0.2, 0.25) is 0 Å². The zero-order valence-electron chi connectivity index (χ0n) is 19.0. The molecule has 4 rings (SSSR count). The Kier molecular flexibility index (Phi) is 6.73. The van der Waals surface area contributed by atoms with Crippen molar-refractivity contribution in [2.75, 3.05) is 31.4 Å². The molecule has 0 bridgehead atoms. The van der Waals surface area contributed by atoms with Crippen molar-refractivity contribution in [2.45, 2.75) is 38.3 Å². The predicted molar refractivity (Wildman–Crippen MR) is 128 cm³/mol.